The predicted octanol–water partition coefficient (Wildman–Crippen LogP) is 2.29. The van der Waals surface area contributed by atoms with Crippen molar-refractivity contribution >= 4 is 16.9 Å². The molecule has 0 unspecified atom stereocenters. The summed E-state index contributed by atoms with van der Waals surface area (Å²) < 4.78 is 2.03. The topological polar surface area (TPSA) is 45.5 Å². The highest BCUT2D eigenvalue weighted by Gasteiger charge is 2.13. The number of nitrogens with zero attached hydrogens (tertiary/aromatic N) is 2. The Kier molecular flexibility index (Phi) is 3.67. The molecule has 0 aliphatic heterocycles. The molecule has 4 heteroatoms. The van der Waals surface area contributed by atoms with Crippen LogP contribution in [0.25, 0.3) is 10.9 Å². The lowest BCUT2D eigenvalue weighted by molar-refractivity contribution is 0.0699. The first-order chi connectivity index (χ1) is 8.59. The number of hydrogen-bond acceptors (Lipinski definition) is 2. The van der Waals surface area contributed by atoms with Gasteiger partial charge in [-0.3, -0.25) is 0 Å². The van der Waals surface area contributed by atoms with Gasteiger partial charge in [0.2, 0.25) is 0 Å². The van der Waals surface area contributed by atoms with E-state index in [4.69, 9.17) is 0 Å². The van der Waals surface area contributed by atoms with Crippen molar-refractivity contribution in [3.8, 4) is 0 Å². The summed E-state index contributed by atoms with van der Waals surface area (Å²) in [6.07, 6.45) is 2.74. The van der Waals surface area contributed by atoms with Gasteiger partial charge in [0.15, 0.2) is 0 Å². The Balaban J connectivity index is 2.30. The van der Waals surface area contributed by atoms with Crippen LogP contribution in [0.1, 0.15) is 16.8 Å². The second kappa shape index (κ2) is 5.23. The number of aromatic nitrogens is 1. The summed E-state index contributed by atoms with van der Waals surface area (Å²) in [5.41, 5.74) is 1.38. The van der Waals surface area contributed by atoms with E-state index in [0.29, 0.717) is 5.56 Å². The van der Waals surface area contributed by atoms with Crippen LogP contribution < -0.4 is 0 Å². The molecule has 0 radical (unpaired) electrons. The first-order valence-corrected chi connectivity index (χ1v) is 6.05. The molecule has 0 saturated heterocycles. The number of aromatic carboxylic acids is 1. The van der Waals surface area contributed by atoms with Gasteiger partial charge in [-0.1, -0.05) is 18.2 Å². The van der Waals surface area contributed by atoms with Crippen LogP contribution in [0.4, 0.5) is 0 Å². The van der Waals surface area contributed by atoms with Crippen LogP contribution in [0.15, 0.2) is 30.5 Å². The molecule has 0 amide bonds. The average molecular weight is 246 g/mol. The molecular weight excluding hydrogens is 228 g/mol. The van der Waals surface area contributed by atoms with Crippen molar-refractivity contribution in [2.75, 3.05) is 20.6 Å². The highest BCUT2D eigenvalue weighted by molar-refractivity contribution is 6.03. The predicted molar refractivity (Wildman–Crippen MR) is 72.1 cm³/mol. The van der Waals surface area contributed by atoms with E-state index in [1.54, 1.807) is 6.20 Å². The lowest BCUT2D eigenvalue weighted by atomic mass is 10.2. The third kappa shape index (κ3) is 2.54. The second-order valence-corrected chi connectivity index (χ2v) is 4.72. The normalized spacial score (nSPS) is 11.3. The minimum atomic E-state index is -0.863. The minimum absolute atomic E-state index is 0.385. The lowest BCUT2D eigenvalue weighted by Gasteiger charge is -2.10. The maximum absolute atomic E-state index is 11.2. The summed E-state index contributed by atoms with van der Waals surface area (Å²) in [5.74, 6) is -0.863. The fourth-order valence-electron chi connectivity index (χ4n) is 2.16. The van der Waals surface area contributed by atoms with Gasteiger partial charge in [-0.25, -0.2) is 4.79 Å². The van der Waals surface area contributed by atoms with Gasteiger partial charge in [0.25, 0.3) is 0 Å². The molecule has 18 heavy (non-hydrogen) atoms. The summed E-state index contributed by atoms with van der Waals surface area (Å²) in [5, 5.41) is 10.0. The molecular formula is C14H18N2O2. The maximum Gasteiger partial charge on any atom is 0.337 e. The van der Waals surface area contributed by atoms with Crippen LogP contribution in [0, 0.1) is 0 Å². The number of aryl methyl sites for hydroxylation is 1. The molecule has 0 spiro atoms. The van der Waals surface area contributed by atoms with Crippen LogP contribution in [-0.2, 0) is 6.54 Å². The van der Waals surface area contributed by atoms with E-state index in [0.717, 1.165) is 30.4 Å². The Morgan fingerprint density at radius 2 is 2.06 bits per heavy atom. The number of hydrogen-bond donors (Lipinski definition) is 1. The number of benzene rings is 1. The minimum Gasteiger partial charge on any atom is -0.478 e. The fraction of sp³-hybridized carbons (Fsp3) is 0.357. The van der Waals surface area contributed by atoms with Gasteiger partial charge in [-0.15, -0.1) is 0 Å². The number of carboxylic acid groups (broad SMARTS) is 1. The highest BCUT2D eigenvalue weighted by atomic mass is 16.4. The third-order valence-electron chi connectivity index (χ3n) is 3.02. The Hall–Kier alpha value is -1.81. The summed E-state index contributed by atoms with van der Waals surface area (Å²) in [6.45, 7) is 1.83. The van der Waals surface area contributed by atoms with Crippen LogP contribution in [0.2, 0.25) is 0 Å². The van der Waals surface area contributed by atoms with E-state index in [1.165, 1.54) is 0 Å². The van der Waals surface area contributed by atoms with Gasteiger partial charge < -0.3 is 14.6 Å². The molecule has 1 aromatic carbocycles. The van der Waals surface area contributed by atoms with E-state index in [-0.39, 0.29) is 0 Å². The van der Waals surface area contributed by atoms with Crippen LogP contribution in [-0.4, -0.2) is 41.2 Å². The van der Waals surface area contributed by atoms with Gasteiger partial charge >= 0.3 is 5.97 Å². The van der Waals surface area contributed by atoms with Gasteiger partial charge in [0.05, 0.1) is 5.56 Å². The lowest BCUT2D eigenvalue weighted by Crippen LogP contribution is -2.14. The maximum atomic E-state index is 11.2. The van der Waals surface area contributed by atoms with E-state index < -0.39 is 5.97 Å². The molecule has 4 nitrogen and oxygen atoms in total. The molecule has 0 fully saturated rings. The molecule has 0 aliphatic carbocycles. The number of rotatable bonds is 5. The molecule has 1 heterocycles. The second-order valence-electron chi connectivity index (χ2n) is 4.72. The van der Waals surface area contributed by atoms with Crippen molar-refractivity contribution in [1.82, 2.24) is 9.47 Å². The summed E-state index contributed by atoms with van der Waals surface area (Å²) in [4.78, 5) is 13.3. The largest absolute Gasteiger partial charge is 0.478 e. The number of fused-ring (bicyclic) bond motifs is 1. The van der Waals surface area contributed by atoms with E-state index >= 15 is 0 Å². The van der Waals surface area contributed by atoms with Crippen molar-refractivity contribution in [2.45, 2.75) is 13.0 Å². The SMILES string of the molecule is CN(C)CCCn1cc(C(=O)O)c2ccccc21. The Morgan fingerprint density at radius 3 is 2.72 bits per heavy atom. The zero-order valence-electron chi connectivity index (χ0n) is 10.8. The third-order valence-corrected chi connectivity index (χ3v) is 3.02. The van der Waals surface area contributed by atoms with E-state index in [1.807, 2.05) is 42.9 Å². The molecule has 96 valence electrons. The summed E-state index contributed by atoms with van der Waals surface area (Å²) in [7, 11) is 4.08. The van der Waals surface area contributed by atoms with Crippen molar-refractivity contribution < 1.29 is 9.90 Å². The molecule has 0 aliphatic rings. The Morgan fingerprint density at radius 1 is 1.33 bits per heavy atom. The van der Waals surface area contributed by atoms with E-state index in [9.17, 15) is 9.90 Å². The van der Waals surface area contributed by atoms with Gasteiger partial charge in [0.1, 0.15) is 0 Å². The highest BCUT2D eigenvalue weighted by Crippen LogP contribution is 2.21. The molecule has 2 aromatic rings. The molecule has 1 aromatic heterocycles. The summed E-state index contributed by atoms with van der Waals surface area (Å²) >= 11 is 0. The van der Waals surface area contributed by atoms with Crippen molar-refractivity contribution in [3.63, 3.8) is 0 Å². The van der Waals surface area contributed by atoms with Crippen molar-refractivity contribution in [3.05, 3.63) is 36.0 Å². The van der Waals surface area contributed by atoms with Crippen LogP contribution in [0.5, 0.6) is 0 Å². The van der Waals surface area contributed by atoms with Crippen molar-refractivity contribution in [2.24, 2.45) is 0 Å². The zero-order valence-corrected chi connectivity index (χ0v) is 10.8. The molecule has 1 N–H and O–H groups in total. The molecule has 0 bridgehead atoms. The number of carboxylic acids is 1. The first-order valence-electron chi connectivity index (χ1n) is 6.05. The Bertz CT molecular complexity index is 558. The van der Waals surface area contributed by atoms with Crippen LogP contribution >= 0.6 is 0 Å². The summed E-state index contributed by atoms with van der Waals surface area (Å²) in [6, 6.07) is 7.65. The first kappa shape index (κ1) is 12.6. The monoisotopic (exact) mass is 246 g/mol. The fourth-order valence-corrected chi connectivity index (χ4v) is 2.16. The van der Waals surface area contributed by atoms with E-state index in [2.05, 4.69) is 4.90 Å². The number of para-hydroxylation sites is 1. The van der Waals surface area contributed by atoms with Gasteiger partial charge in [-0.2, -0.15) is 0 Å². The quantitative estimate of drug-likeness (QED) is 0.880. The standard InChI is InChI=1S/C14H18N2O2/c1-15(2)8-5-9-16-10-12(14(17)18)11-6-3-4-7-13(11)16/h3-4,6-7,10H,5,8-9H2,1-2H3,(H,17,18). The number of carbonyl (C=O) groups is 1. The van der Waals surface area contributed by atoms with Gasteiger partial charge in [0, 0.05) is 23.6 Å². The molecule has 0 atom stereocenters. The smallest absolute Gasteiger partial charge is 0.337 e. The zero-order chi connectivity index (χ0) is 13.1. The van der Waals surface area contributed by atoms with Crippen LogP contribution in [0.3, 0.4) is 0 Å². The van der Waals surface area contributed by atoms with Gasteiger partial charge in [-0.05, 0) is 33.1 Å². The average Bonchev–Trinajstić information content (AvgIpc) is 2.68. The Labute approximate surface area is 106 Å². The van der Waals surface area contributed by atoms with Crippen molar-refractivity contribution in [1.29, 1.82) is 0 Å². The molecule has 0 saturated carbocycles. The molecule has 2 rings (SSSR count).